The summed E-state index contributed by atoms with van der Waals surface area (Å²) >= 11 is 0. The number of amides is 1. The van der Waals surface area contributed by atoms with E-state index in [-0.39, 0.29) is 5.91 Å². The van der Waals surface area contributed by atoms with Gasteiger partial charge in [0.05, 0.1) is 0 Å². The van der Waals surface area contributed by atoms with Crippen molar-refractivity contribution in [2.24, 2.45) is 5.92 Å². The first-order valence-corrected chi connectivity index (χ1v) is 11.4. The minimum Gasteiger partial charge on any atom is -0.381 e. The second-order valence-corrected chi connectivity index (χ2v) is 8.87. The molecule has 6 heteroatoms. The van der Waals surface area contributed by atoms with Crippen LogP contribution in [0.15, 0.2) is 42.7 Å². The van der Waals surface area contributed by atoms with Gasteiger partial charge in [-0.05, 0) is 50.0 Å². The van der Waals surface area contributed by atoms with Crippen molar-refractivity contribution >= 4 is 16.7 Å². The summed E-state index contributed by atoms with van der Waals surface area (Å²) in [5.41, 5.74) is 1.81. The summed E-state index contributed by atoms with van der Waals surface area (Å²) in [6, 6.07) is 9.94. The predicted octanol–water partition coefficient (Wildman–Crippen LogP) is 4.19. The average molecular weight is 419 g/mol. The molecule has 1 amide bonds. The first-order chi connectivity index (χ1) is 15.2. The summed E-state index contributed by atoms with van der Waals surface area (Å²) in [5, 5.41) is 2.00. The number of piperidine rings is 1. The minimum atomic E-state index is 0.0527. The molecule has 0 aliphatic carbocycles. The number of likely N-dealkylation sites (tertiary alicyclic amines) is 1. The molecule has 1 aromatic carbocycles. The number of hydrogen-bond donors (Lipinski definition) is 0. The molecule has 4 heterocycles. The Morgan fingerprint density at radius 2 is 1.84 bits per heavy atom. The van der Waals surface area contributed by atoms with Crippen molar-refractivity contribution in [1.82, 2.24) is 19.4 Å². The Morgan fingerprint density at radius 3 is 2.65 bits per heavy atom. The predicted molar refractivity (Wildman–Crippen MR) is 120 cm³/mol. The molecule has 3 aromatic rings. The molecule has 0 bridgehead atoms. The van der Waals surface area contributed by atoms with Crippen LogP contribution < -0.4 is 0 Å². The molecule has 31 heavy (non-hydrogen) atoms. The molecule has 0 radical (unpaired) electrons. The summed E-state index contributed by atoms with van der Waals surface area (Å²) in [7, 11) is 0. The smallest absolute Gasteiger partial charge is 0.273 e. The van der Waals surface area contributed by atoms with E-state index in [2.05, 4.69) is 16.5 Å². The lowest BCUT2D eigenvalue weighted by atomic mass is 9.95. The lowest BCUT2D eigenvalue weighted by Crippen LogP contribution is -2.40. The van der Waals surface area contributed by atoms with Crippen LogP contribution in [0.3, 0.4) is 0 Å². The normalized spacial score (nSPS) is 18.5. The van der Waals surface area contributed by atoms with E-state index in [4.69, 9.17) is 9.72 Å². The van der Waals surface area contributed by atoms with Crippen molar-refractivity contribution in [3.8, 4) is 0 Å². The van der Waals surface area contributed by atoms with Crippen LogP contribution in [0.2, 0.25) is 0 Å². The topological polar surface area (TPSA) is 60.2 Å². The Hall–Kier alpha value is -2.73. The number of carbonyl (C=O) groups is 1. The average Bonchev–Trinajstić information content (AvgIpc) is 3.19. The number of rotatable bonds is 4. The zero-order valence-corrected chi connectivity index (χ0v) is 18.2. The molecular formula is C25H30N4O2. The van der Waals surface area contributed by atoms with E-state index in [1.165, 1.54) is 11.5 Å². The highest BCUT2D eigenvalue weighted by Gasteiger charge is 2.28. The molecule has 0 unspecified atom stereocenters. The Morgan fingerprint density at radius 1 is 1.06 bits per heavy atom. The van der Waals surface area contributed by atoms with Gasteiger partial charge in [-0.2, -0.15) is 0 Å². The van der Waals surface area contributed by atoms with Crippen molar-refractivity contribution in [3.63, 3.8) is 0 Å². The standard InChI is InChI=1S/C25H30N4O2/c1-18-16-27-24(21-9-14-31-15-10-21)29(18)17-19-7-12-28(13-8-19)25(30)23-22-5-3-2-4-20(22)6-11-26-23/h2-6,11,16,19,21H,7-10,12-15,17H2,1H3. The molecule has 0 spiro atoms. The van der Waals surface area contributed by atoms with Crippen molar-refractivity contribution < 1.29 is 9.53 Å². The molecule has 2 aliphatic rings. The monoisotopic (exact) mass is 418 g/mol. The number of ether oxygens (including phenoxy) is 1. The van der Waals surface area contributed by atoms with Gasteiger partial charge in [0.2, 0.25) is 0 Å². The molecule has 2 aliphatic heterocycles. The maximum absolute atomic E-state index is 13.2. The SMILES string of the molecule is Cc1cnc(C2CCOCC2)n1CC1CCN(C(=O)c2nccc3ccccc23)CC1. The van der Waals surface area contributed by atoms with E-state index in [1.54, 1.807) is 6.20 Å². The van der Waals surface area contributed by atoms with Crippen LogP contribution in [-0.4, -0.2) is 51.6 Å². The van der Waals surface area contributed by atoms with Crippen molar-refractivity contribution in [3.05, 3.63) is 59.9 Å². The van der Waals surface area contributed by atoms with Crippen LogP contribution in [-0.2, 0) is 11.3 Å². The van der Waals surface area contributed by atoms with Crippen molar-refractivity contribution in [2.75, 3.05) is 26.3 Å². The highest BCUT2D eigenvalue weighted by molar-refractivity contribution is 6.05. The minimum absolute atomic E-state index is 0.0527. The Kier molecular flexibility index (Phi) is 5.72. The molecule has 5 rings (SSSR count). The fourth-order valence-corrected chi connectivity index (χ4v) is 5.02. The third-order valence-corrected chi connectivity index (χ3v) is 6.89. The number of benzene rings is 1. The lowest BCUT2D eigenvalue weighted by Gasteiger charge is -2.33. The molecule has 2 fully saturated rings. The Bertz CT molecular complexity index is 1060. The molecule has 6 nitrogen and oxygen atoms in total. The zero-order valence-electron chi connectivity index (χ0n) is 18.2. The summed E-state index contributed by atoms with van der Waals surface area (Å²) in [4.78, 5) is 24.3. The second kappa shape index (κ2) is 8.79. The van der Waals surface area contributed by atoms with Crippen LogP contribution in [0.5, 0.6) is 0 Å². The maximum atomic E-state index is 13.2. The molecule has 0 saturated carbocycles. The summed E-state index contributed by atoms with van der Waals surface area (Å²) in [5.74, 6) is 2.34. The van der Waals surface area contributed by atoms with E-state index in [9.17, 15) is 4.79 Å². The third kappa shape index (κ3) is 4.09. The molecule has 162 valence electrons. The number of imidazole rings is 1. The van der Waals surface area contributed by atoms with Gasteiger partial charge in [-0.1, -0.05) is 24.3 Å². The van der Waals surface area contributed by atoms with Gasteiger partial charge < -0.3 is 14.2 Å². The van der Waals surface area contributed by atoms with Gasteiger partial charge in [0.15, 0.2) is 0 Å². The molecular weight excluding hydrogens is 388 g/mol. The quantitative estimate of drug-likeness (QED) is 0.638. The third-order valence-electron chi connectivity index (χ3n) is 6.89. The van der Waals surface area contributed by atoms with Crippen LogP contribution in [0.4, 0.5) is 0 Å². The first-order valence-electron chi connectivity index (χ1n) is 11.4. The fraction of sp³-hybridized carbons (Fsp3) is 0.480. The summed E-state index contributed by atoms with van der Waals surface area (Å²) in [6.45, 7) is 6.38. The van der Waals surface area contributed by atoms with E-state index < -0.39 is 0 Å². The number of aryl methyl sites for hydroxylation is 1. The van der Waals surface area contributed by atoms with Gasteiger partial charge in [0.1, 0.15) is 11.5 Å². The Labute approximate surface area is 183 Å². The maximum Gasteiger partial charge on any atom is 0.273 e. The van der Waals surface area contributed by atoms with Gasteiger partial charge in [-0.15, -0.1) is 0 Å². The van der Waals surface area contributed by atoms with Crippen molar-refractivity contribution in [1.29, 1.82) is 0 Å². The number of pyridine rings is 1. The number of hydrogen-bond acceptors (Lipinski definition) is 4. The van der Waals surface area contributed by atoms with Crippen LogP contribution >= 0.6 is 0 Å². The van der Waals surface area contributed by atoms with E-state index in [0.717, 1.165) is 69.3 Å². The lowest BCUT2D eigenvalue weighted by molar-refractivity contribution is 0.0676. The van der Waals surface area contributed by atoms with Gasteiger partial charge in [0.25, 0.3) is 5.91 Å². The zero-order chi connectivity index (χ0) is 21.2. The molecule has 2 saturated heterocycles. The molecule has 0 atom stereocenters. The van der Waals surface area contributed by atoms with E-state index in [1.807, 2.05) is 41.4 Å². The summed E-state index contributed by atoms with van der Waals surface area (Å²) < 4.78 is 7.96. The number of carbonyl (C=O) groups excluding carboxylic acids is 1. The van der Waals surface area contributed by atoms with Crippen molar-refractivity contribution in [2.45, 2.75) is 45.1 Å². The van der Waals surface area contributed by atoms with E-state index >= 15 is 0 Å². The molecule has 2 aromatic heterocycles. The largest absolute Gasteiger partial charge is 0.381 e. The van der Waals surface area contributed by atoms with Crippen LogP contribution in [0.1, 0.15) is 53.6 Å². The first kappa shape index (κ1) is 20.2. The fourth-order valence-electron chi connectivity index (χ4n) is 5.02. The van der Waals surface area contributed by atoms with E-state index in [0.29, 0.717) is 17.5 Å². The van der Waals surface area contributed by atoms with Gasteiger partial charge in [0, 0.05) is 62.2 Å². The van der Waals surface area contributed by atoms with Gasteiger partial charge >= 0.3 is 0 Å². The Balaban J connectivity index is 1.25. The second-order valence-electron chi connectivity index (χ2n) is 8.87. The van der Waals surface area contributed by atoms with Crippen LogP contribution in [0, 0.1) is 12.8 Å². The highest BCUT2D eigenvalue weighted by Crippen LogP contribution is 2.29. The van der Waals surface area contributed by atoms with Crippen LogP contribution in [0.25, 0.3) is 10.8 Å². The number of aromatic nitrogens is 3. The number of fused-ring (bicyclic) bond motifs is 1. The molecule has 0 N–H and O–H groups in total. The van der Waals surface area contributed by atoms with Gasteiger partial charge in [-0.3, -0.25) is 9.78 Å². The summed E-state index contributed by atoms with van der Waals surface area (Å²) in [6.07, 6.45) is 7.89. The van der Waals surface area contributed by atoms with Gasteiger partial charge in [-0.25, -0.2) is 4.98 Å². The highest BCUT2D eigenvalue weighted by atomic mass is 16.5. The number of nitrogens with zero attached hydrogens (tertiary/aromatic N) is 4.